The standard InChI is InChI=1S/C15H24O5/c1-14(2,3)8-7-9-10-11(20-15(4,5)19-9)12(17-6)13(16)18-10/h7-12H,1-6H3/t9-,10-,11+,12+/m0/s1. The Morgan fingerprint density at radius 2 is 1.85 bits per heavy atom. The molecular weight excluding hydrogens is 260 g/mol. The normalized spacial score (nSPS) is 37.0. The first-order valence-electron chi connectivity index (χ1n) is 6.91. The zero-order chi connectivity index (χ0) is 15.1. The van der Waals surface area contributed by atoms with Gasteiger partial charge in [-0.3, -0.25) is 0 Å². The van der Waals surface area contributed by atoms with Gasteiger partial charge in [0.1, 0.15) is 12.2 Å². The lowest BCUT2D eigenvalue weighted by atomic mass is 9.94. The van der Waals surface area contributed by atoms with Gasteiger partial charge in [-0.25, -0.2) is 4.79 Å². The van der Waals surface area contributed by atoms with Crippen LogP contribution in [0, 0.1) is 5.41 Å². The lowest BCUT2D eigenvalue weighted by molar-refractivity contribution is -0.318. The molecular formula is C15H24O5. The summed E-state index contributed by atoms with van der Waals surface area (Å²) in [5.41, 5.74) is 0.0323. The number of carbonyl (C=O) groups excluding carboxylic acids is 1. The van der Waals surface area contributed by atoms with Gasteiger partial charge in [-0.05, 0) is 19.3 Å². The second-order valence-electron chi connectivity index (χ2n) is 6.85. The zero-order valence-corrected chi connectivity index (χ0v) is 13.0. The number of rotatable bonds is 2. The molecule has 0 spiro atoms. The molecule has 5 heteroatoms. The van der Waals surface area contributed by atoms with Crippen molar-refractivity contribution in [3.8, 4) is 0 Å². The quantitative estimate of drug-likeness (QED) is 0.574. The van der Waals surface area contributed by atoms with Crippen LogP contribution in [0.4, 0.5) is 0 Å². The Labute approximate surface area is 120 Å². The number of hydrogen-bond acceptors (Lipinski definition) is 5. The molecule has 0 N–H and O–H groups in total. The predicted octanol–water partition coefficient (Wildman–Crippen LogP) is 2.05. The van der Waals surface area contributed by atoms with Crippen molar-refractivity contribution < 1.29 is 23.7 Å². The van der Waals surface area contributed by atoms with E-state index in [9.17, 15) is 4.79 Å². The molecule has 2 rings (SSSR count). The summed E-state index contributed by atoms with van der Waals surface area (Å²) >= 11 is 0. The Morgan fingerprint density at radius 3 is 2.40 bits per heavy atom. The fourth-order valence-corrected chi connectivity index (χ4v) is 2.47. The summed E-state index contributed by atoms with van der Waals surface area (Å²) in [6.07, 6.45) is 2.10. The van der Waals surface area contributed by atoms with Gasteiger partial charge in [0, 0.05) is 7.11 Å². The van der Waals surface area contributed by atoms with Gasteiger partial charge in [-0.15, -0.1) is 0 Å². The minimum atomic E-state index is -0.779. The third-order valence-electron chi connectivity index (χ3n) is 3.31. The van der Waals surface area contributed by atoms with Crippen molar-refractivity contribution in [2.24, 2.45) is 5.41 Å². The molecule has 0 aromatic rings. The highest BCUT2D eigenvalue weighted by atomic mass is 16.8. The average Bonchev–Trinajstić information content (AvgIpc) is 2.59. The van der Waals surface area contributed by atoms with E-state index in [0.717, 1.165) is 0 Å². The van der Waals surface area contributed by atoms with Gasteiger partial charge >= 0.3 is 5.97 Å². The summed E-state index contributed by atoms with van der Waals surface area (Å²) in [5.74, 6) is -1.17. The van der Waals surface area contributed by atoms with E-state index in [1.165, 1.54) is 7.11 Å². The molecule has 0 bridgehead atoms. The van der Waals surface area contributed by atoms with E-state index >= 15 is 0 Å². The molecule has 114 valence electrons. The maximum Gasteiger partial charge on any atom is 0.338 e. The van der Waals surface area contributed by atoms with Crippen LogP contribution in [-0.2, 0) is 23.7 Å². The predicted molar refractivity (Wildman–Crippen MR) is 73.1 cm³/mol. The van der Waals surface area contributed by atoms with Crippen LogP contribution in [0.5, 0.6) is 0 Å². The van der Waals surface area contributed by atoms with Crippen molar-refractivity contribution in [3.05, 3.63) is 12.2 Å². The molecule has 0 aromatic heterocycles. The first kappa shape index (κ1) is 15.5. The fraction of sp³-hybridized carbons (Fsp3) is 0.800. The van der Waals surface area contributed by atoms with Gasteiger partial charge in [0.25, 0.3) is 0 Å². The van der Waals surface area contributed by atoms with Crippen LogP contribution in [0.2, 0.25) is 0 Å². The molecule has 2 aliphatic heterocycles. The van der Waals surface area contributed by atoms with E-state index in [2.05, 4.69) is 26.8 Å². The highest BCUT2D eigenvalue weighted by molar-refractivity contribution is 5.78. The largest absolute Gasteiger partial charge is 0.454 e. The lowest BCUT2D eigenvalue weighted by Crippen LogP contribution is -2.54. The first-order valence-corrected chi connectivity index (χ1v) is 6.91. The number of allylic oxidation sites excluding steroid dienone is 1. The molecule has 0 saturated carbocycles. The second-order valence-corrected chi connectivity index (χ2v) is 6.85. The van der Waals surface area contributed by atoms with Crippen LogP contribution in [0.15, 0.2) is 12.2 Å². The molecule has 5 nitrogen and oxygen atoms in total. The van der Waals surface area contributed by atoms with Gasteiger partial charge in [-0.1, -0.05) is 32.9 Å². The summed E-state index contributed by atoms with van der Waals surface area (Å²) in [5, 5.41) is 0. The maximum absolute atomic E-state index is 11.8. The van der Waals surface area contributed by atoms with Gasteiger partial charge < -0.3 is 18.9 Å². The van der Waals surface area contributed by atoms with Crippen LogP contribution in [0.1, 0.15) is 34.6 Å². The molecule has 4 atom stereocenters. The maximum atomic E-state index is 11.8. The summed E-state index contributed by atoms with van der Waals surface area (Å²) in [4.78, 5) is 11.8. The van der Waals surface area contributed by atoms with E-state index in [4.69, 9.17) is 18.9 Å². The van der Waals surface area contributed by atoms with E-state index < -0.39 is 30.1 Å². The van der Waals surface area contributed by atoms with Gasteiger partial charge in [0.05, 0.1) is 0 Å². The van der Waals surface area contributed by atoms with Crippen LogP contribution < -0.4 is 0 Å². The van der Waals surface area contributed by atoms with Crippen molar-refractivity contribution in [2.45, 2.75) is 64.8 Å². The monoisotopic (exact) mass is 284 g/mol. The topological polar surface area (TPSA) is 54.0 Å². The van der Waals surface area contributed by atoms with Gasteiger partial charge in [0.15, 0.2) is 18.0 Å². The lowest BCUT2D eigenvalue weighted by Gasteiger charge is -2.41. The third kappa shape index (κ3) is 3.22. The van der Waals surface area contributed by atoms with Crippen molar-refractivity contribution in [1.29, 1.82) is 0 Å². The smallest absolute Gasteiger partial charge is 0.338 e. The molecule has 0 aromatic carbocycles. The number of carbonyl (C=O) groups is 1. The van der Waals surface area contributed by atoms with Crippen molar-refractivity contribution in [1.82, 2.24) is 0 Å². The summed E-state index contributed by atoms with van der Waals surface area (Å²) < 4.78 is 22.3. The van der Waals surface area contributed by atoms with Crippen LogP contribution in [-0.4, -0.2) is 43.3 Å². The number of esters is 1. The first-order chi connectivity index (χ1) is 9.13. The van der Waals surface area contributed by atoms with Crippen LogP contribution in [0.25, 0.3) is 0 Å². The molecule has 2 aliphatic rings. The number of hydrogen-bond donors (Lipinski definition) is 0. The molecule has 0 amide bonds. The van der Waals surface area contributed by atoms with Crippen LogP contribution >= 0.6 is 0 Å². The molecule has 2 saturated heterocycles. The van der Waals surface area contributed by atoms with E-state index in [0.29, 0.717) is 0 Å². The van der Waals surface area contributed by atoms with E-state index in [1.54, 1.807) is 0 Å². The summed E-state index contributed by atoms with van der Waals surface area (Å²) in [6.45, 7) is 9.96. The molecule has 2 fully saturated rings. The summed E-state index contributed by atoms with van der Waals surface area (Å²) in [7, 11) is 1.49. The molecule has 0 aliphatic carbocycles. The second kappa shape index (κ2) is 5.13. The third-order valence-corrected chi connectivity index (χ3v) is 3.31. The molecule has 2 heterocycles. The zero-order valence-electron chi connectivity index (χ0n) is 13.0. The minimum Gasteiger partial charge on any atom is -0.454 e. The average molecular weight is 284 g/mol. The Balaban J connectivity index is 2.24. The highest BCUT2D eigenvalue weighted by Gasteiger charge is 2.55. The van der Waals surface area contributed by atoms with Crippen molar-refractivity contribution in [2.75, 3.05) is 7.11 Å². The van der Waals surface area contributed by atoms with Crippen molar-refractivity contribution in [3.63, 3.8) is 0 Å². The minimum absolute atomic E-state index is 0.0323. The Kier molecular flexibility index (Phi) is 3.97. The van der Waals surface area contributed by atoms with Crippen LogP contribution in [0.3, 0.4) is 0 Å². The summed E-state index contributed by atoms with van der Waals surface area (Å²) in [6, 6.07) is 0. The number of ether oxygens (including phenoxy) is 4. The van der Waals surface area contributed by atoms with E-state index in [1.807, 2.05) is 19.9 Å². The van der Waals surface area contributed by atoms with Crippen molar-refractivity contribution >= 4 is 5.97 Å². The fourth-order valence-electron chi connectivity index (χ4n) is 2.47. The SMILES string of the molecule is CO[C@H]1C(=O)O[C@@H]2[C@H]1OC(C)(C)O[C@H]2C=CC(C)(C)C. The number of methoxy groups -OCH3 is 1. The Hall–Kier alpha value is -0.910. The van der Waals surface area contributed by atoms with Gasteiger partial charge in [-0.2, -0.15) is 0 Å². The highest BCUT2D eigenvalue weighted by Crippen LogP contribution is 2.36. The molecule has 0 unspecified atom stereocenters. The number of fused-ring (bicyclic) bond motifs is 1. The Morgan fingerprint density at radius 1 is 1.20 bits per heavy atom. The van der Waals surface area contributed by atoms with Gasteiger partial charge in [0.2, 0.25) is 0 Å². The molecule has 20 heavy (non-hydrogen) atoms. The van der Waals surface area contributed by atoms with E-state index in [-0.39, 0.29) is 11.5 Å². The Bertz CT molecular complexity index is 407. The molecule has 0 radical (unpaired) electrons.